The van der Waals surface area contributed by atoms with Crippen molar-refractivity contribution in [2.24, 2.45) is 5.16 Å². The van der Waals surface area contributed by atoms with Gasteiger partial charge in [-0.15, -0.1) is 0 Å². The van der Waals surface area contributed by atoms with E-state index in [9.17, 15) is 13.2 Å². The first-order valence-corrected chi connectivity index (χ1v) is 8.16. The topological polar surface area (TPSA) is 33.6 Å². The van der Waals surface area contributed by atoms with Crippen molar-refractivity contribution in [1.82, 2.24) is 5.32 Å². The number of alkyl halides is 3. The fraction of sp³-hybridized carbons (Fsp3) is 0.278. The van der Waals surface area contributed by atoms with Crippen LogP contribution in [0.3, 0.4) is 0 Å². The first-order chi connectivity index (χ1) is 11.9. The van der Waals surface area contributed by atoms with Gasteiger partial charge in [-0.3, -0.25) is 0 Å². The SMILES string of the molecule is FC(F)(F)c1ccc(CNC[C@H]2CC(c3ccccc3Cl)=NO2)cc1. The Morgan fingerprint density at radius 3 is 2.52 bits per heavy atom. The third kappa shape index (κ3) is 4.52. The molecule has 1 aliphatic heterocycles. The fourth-order valence-electron chi connectivity index (χ4n) is 2.58. The quantitative estimate of drug-likeness (QED) is 0.834. The molecule has 1 heterocycles. The highest BCUT2D eigenvalue weighted by Crippen LogP contribution is 2.29. The first kappa shape index (κ1) is 17.8. The Labute approximate surface area is 148 Å². The Morgan fingerprint density at radius 2 is 1.84 bits per heavy atom. The van der Waals surface area contributed by atoms with Crippen LogP contribution in [0.2, 0.25) is 5.02 Å². The molecule has 1 N–H and O–H groups in total. The lowest BCUT2D eigenvalue weighted by molar-refractivity contribution is -0.137. The molecule has 7 heteroatoms. The predicted molar refractivity (Wildman–Crippen MR) is 90.6 cm³/mol. The smallest absolute Gasteiger partial charge is 0.390 e. The summed E-state index contributed by atoms with van der Waals surface area (Å²) < 4.78 is 37.6. The average Bonchev–Trinajstić information content (AvgIpc) is 3.03. The van der Waals surface area contributed by atoms with Crippen LogP contribution < -0.4 is 5.32 Å². The third-order valence-corrected chi connectivity index (χ3v) is 4.23. The summed E-state index contributed by atoms with van der Waals surface area (Å²) >= 11 is 6.15. The molecule has 0 radical (unpaired) electrons. The van der Waals surface area contributed by atoms with Crippen molar-refractivity contribution in [2.45, 2.75) is 25.2 Å². The highest BCUT2D eigenvalue weighted by Gasteiger charge is 2.30. The molecule has 0 saturated heterocycles. The van der Waals surface area contributed by atoms with Crippen LogP contribution in [0.15, 0.2) is 53.7 Å². The zero-order valence-electron chi connectivity index (χ0n) is 13.2. The van der Waals surface area contributed by atoms with Crippen molar-refractivity contribution >= 4 is 17.3 Å². The van der Waals surface area contributed by atoms with E-state index in [2.05, 4.69) is 10.5 Å². The van der Waals surface area contributed by atoms with E-state index in [4.69, 9.17) is 16.4 Å². The van der Waals surface area contributed by atoms with Gasteiger partial charge >= 0.3 is 6.18 Å². The number of rotatable bonds is 5. The van der Waals surface area contributed by atoms with Gasteiger partial charge in [-0.25, -0.2) is 0 Å². The van der Waals surface area contributed by atoms with Gasteiger partial charge in [0, 0.05) is 30.1 Å². The monoisotopic (exact) mass is 368 g/mol. The summed E-state index contributed by atoms with van der Waals surface area (Å²) in [5.74, 6) is 0. The van der Waals surface area contributed by atoms with Gasteiger partial charge in [0.2, 0.25) is 0 Å². The molecule has 0 saturated carbocycles. The van der Waals surface area contributed by atoms with Crippen LogP contribution in [0, 0.1) is 0 Å². The lowest BCUT2D eigenvalue weighted by atomic mass is 10.0. The molecule has 3 rings (SSSR count). The number of hydrogen-bond donors (Lipinski definition) is 1. The van der Waals surface area contributed by atoms with Crippen molar-refractivity contribution in [3.05, 3.63) is 70.2 Å². The highest BCUT2D eigenvalue weighted by molar-refractivity contribution is 6.34. The van der Waals surface area contributed by atoms with Crippen LogP contribution in [-0.2, 0) is 17.6 Å². The normalized spacial score (nSPS) is 17.3. The minimum absolute atomic E-state index is 0.124. The van der Waals surface area contributed by atoms with E-state index in [0.717, 1.165) is 29.0 Å². The minimum atomic E-state index is -4.31. The average molecular weight is 369 g/mol. The van der Waals surface area contributed by atoms with E-state index in [0.29, 0.717) is 24.5 Å². The van der Waals surface area contributed by atoms with Crippen molar-refractivity contribution < 1.29 is 18.0 Å². The molecule has 0 aliphatic carbocycles. The zero-order chi connectivity index (χ0) is 17.9. The molecule has 132 valence electrons. The van der Waals surface area contributed by atoms with Crippen LogP contribution in [0.25, 0.3) is 0 Å². The molecule has 0 aromatic heterocycles. The molecule has 0 fully saturated rings. The molecule has 0 amide bonds. The van der Waals surface area contributed by atoms with Gasteiger partial charge in [0.05, 0.1) is 11.3 Å². The van der Waals surface area contributed by atoms with Gasteiger partial charge in [0.25, 0.3) is 0 Å². The standard InChI is InChI=1S/C18H16ClF3N2O/c19-16-4-2-1-3-15(16)17-9-14(25-24-17)11-23-10-12-5-7-13(8-6-12)18(20,21)22/h1-8,14,23H,9-11H2/t14-/m1/s1. The number of hydrogen-bond acceptors (Lipinski definition) is 3. The lowest BCUT2D eigenvalue weighted by Crippen LogP contribution is -2.26. The summed E-state index contributed by atoms with van der Waals surface area (Å²) in [7, 11) is 0. The van der Waals surface area contributed by atoms with Gasteiger partial charge in [0.15, 0.2) is 0 Å². The molecular weight excluding hydrogens is 353 g/mol. The second-order valence-corrected chi connectivity index (χ2v) is 6.18. The van der Waals surface area contributed by atoms with Gasteiger partial charge in [-0.05, 0) is 23.8 Å². The van der Waals surface area contributed by atoms with Crippen LogP contribution in [-0.4, -0.2) is 18.4 Å². The minimum Gasteiger partial charge on any atom is -0.390 e. The van der Waals surface area contributed by atoms with Crippen molar-refractivity contribution in [3.8, 4) is 0 Å². The van der Waals surface area contributed by atoms with Crippen molar-refractivity contribution in [1.29, 1.82) is 0 Å². The molecule has 0 unspecified atom stereocenters. The molecule has 0 bridgehead atoms. The summed E-state index contributed by atoms with van der Waals surface area (Å²) in [6.07, 6.45) is -3.81. The van der Waals surface area contributed by atoms with Gasteiger partial charge < -0.3 is 10.2 Å². The fourth-order valence-corrected chi connectivity index (χ4v) is 2.83. The second kappa shape index (κ2) is 7.45. The molecule has 25 heavy (non-hydrogen) atoms. The van der Waals surface area contributed by atoms with E-state index >= 15 is 0 Å². The van der Waals surface area contributed by atoms with Crippen molar-refractivity contribution in [3.63, 3.8) is 0 Å². The van der Waals surface area contributed by atoms with Crippen LogP contribution in [0.4, 0.5) is 13.2 Å². The van der Waals surface area contributed by atoms with E-state index in [1.165, 1.54) is 12.1 Å². The van der Waals surface area contributed by atoms with E-state index in [-0.39, 0.29) is 6.10 Å². The van der Waals surface area contributed by atoms with E-state index in [1.807, 2.05) is 18.2 Å². The number of oxime groups is 1. The summed E-state index contributed by atoms with van der Waals surface area (Å²) in [6.45, 7) is 0.998. The van der Waals surface area contributed by atoms with Gasteiger partial charge in [-0.2, -0.15) is 13.2 Å². The van der Waals surface area contributed by atoms with Gasteiger partial charge in [-0.1, -0.05) is 47.1 Å². The maximum absolute atomic E-state index is 12.5. The number of halogens is 4. The van der Waals surface area contributed by atoms with E-state index < -0.39 is 11.7 Å². The zero-order valence-corrected chi connectivity index (χ0v) is 13.9. The lowest BCUT2D eigenvalue weighted by Gasteiger charge is -2.11. The second-order valence-electron chi connectivity index (χ2n) is 5.77. The summed E-state index contributed by atoms with van der Waals surface area (Å²) in [4.78, 5) is 5.39. The largest absolute Gasteiger partial charge is 0.416 e. The molecule has 0 spiro atoms. The Hall–Kier alpha value is -2.05. The van der Waals surface area contributed by atoms with Crippen molar-refractivity contribution in [2.75, 3.05) is 6.54 Å². The number of nitrogens with zero attached hydrogens (tertiary/aromatic N) is 1. The molecule has 2 aromatic carbocycles. The maximum atomic E-state index is 12.5. The molecule has 2 aromatic rings. The molecule has 1 atom stereocenters. The number of nitrogens with one attached hydrogen (secondary N) is 1. The Morgan fingerprint density at radius 1 is 1.12 bits per heavy atom. The summed E-state index contributed by atoms with van der Waals surface area (Å²) in [5, 5.41) is 7.88. The van der Waals surface area contributed by atoms with Crippen LogP contribution in [0.5, 0.6) is 0 Å². The Bertz CT molecular complexity index is 760. The highest BCUT2D eigenvalue weighted by atomic mass is 35.5. The summed E-state index contributed by atoms with van der Waals surface area (Å²) in [5.41, 5.74) is 1.78. The Kier molecular flexibility index (Phi) is 5.30. The first-order valence-electron chi connectivity index (χ1n) is 7.78. The Balaban J connectivity index is 1.47. The molecule has 3 nitrogen and oxygen atoms in total. The van der Waals surface area contributed by atoms with Gasteiger partial charge in [0.1, 0.15) is 6.10 Å². The molecule has 1 aliphatic rings. The predicted octanol–water partition coefficient (Wildman–Crippen LogP) is 4.64. The number of benzene rings is 2. The van der Waals surface area contributed by atoms with E-state index in [1.54, 1.807) is 6.07 Å². The summed E-state index contributed by atoms with van der Waals surface area (Å²) in [6, 6.07) is 12.5. The van der Waals surface area contributed by atoms with Crippen LogP contribution in [0.1, 0.15) is 23.1 Å². The third-order valence-electron chi connectivity index (χ3n) is 3.90. The maximum Gasteiger partial charge on any atom is 0.416 e. The van der Waals surface area contributed by atoms with Crippen LogP contribution >= 0.6 is 11.6 Å². The molecular formula is C18H16ClF3N2O.